The van der Waals surface area contributed by atoms with E-state index in [-0.39, 0.29) is 18.1 Å². The van der Waals surface area contributed by atoms with Crippen LogP contribution in [0.3, 0.4) is 0 Å². The van der Waals surface area contributed by atoms with Gasteiger partial charge in [-0.3, -0.25) is 4.79 Å². The van der Waals surface area contributed by atoms with E-state index in [0.29, 0.717) is 24.2 Å². The third-order valence-electron chi connectivity index (χ3n) is 6.48. The molecule has 0 aromatic heterocycles. The van der Waals surface area contributed by atoms with Crippen LogP contribution in [-0.4, -0.2) is 35.0 Å². The predicted molar refractivity (Wildman–Crippen MR) is 84.0 cm³/mol. The Morgan fingerprint density at radius 1 is 1.26 bits per heavy atom. The Bertz CT molecular complexity index is 505. The summed E-state index contributed by atoms with van der Waals surface area (Å²) in [6.07, 6.45) is 4.34. The van der Waals surface area contributed by atoms with E-state index in [1.807, 2.05) is 11.8 Å². The SMILES string of the molecule is CC(C)CN1C(=O)C[C@@H]2CC[C@@H](C)[C@@H]3CC[C@@]4(C)OO[C@@]23[C@H]1O4. The van der Waals surface area contributed by atoms with Gasteiger partial charge < -0.3 is 9.64 Å². The molecule has 5 rings (SSSR count). The molecule has 0 aromatic carbocycles. The highest BCUT2D eigenvalue weighted by Crippen LogP contribution is 2.59. The first-order chi connectivity index (χ1) is 10.9. The minimum absolute atomic E-state index is 0.215. The van der Waals surface area contributed by atoms with Crippen molar-refractivity contribution in [3.8, 4) is 0 Å². The molecule has 0 aromatic rings. The van der Waals surface area contributed by atoms with Gasteiger partial charge in [-0.15, -0.1) is 0 Å². The van der Waals surface area contributed by atoms with Gasteiger partial charge in [0.15, 0.2) is 11.8 Å². The molecule has 6 atom stereocenters. The third kappa shape index (κ3) is 2.19. The number of likely N-dealkylation sites (tertiary alicyclic amines) is 1. The molecule has 1 spiro atoms. The van der Waals surface area contributed by atoms with Crippen molar-refractivity contribution < 1.29 is 19.3 Å². The lowest BCUT2D eigenvalue weighted by molar-refractivity contribution is -0.546. The van der Waals surface area contributed by atoms with Crippen molar-refractivity contribution in [3.05, 3.63) is 0 Å². The molecule has 1 aliphatic carbocycles. The molecule has 5 heteroatoms. The second kappa shape index (κ2) is 5.17. The predicted octanol–water partition coefficient (Wildman–Crippen LogP) is 3.09. The van der Waals surface area contributed by atoms with Gasteiger partial charge in [-0.2, -0.15) is 0 Å². The van der Waals surface area contributed by atoms with Crippen LogP contribution in [0.5, 0.6) is 0 Å². The number of piperidine rings is 1. The average Bonchev–Trinajstić information content (AvgIpc) is 2.72. The van der Waals surface area contributed by atoms with Crippen LogP contribution in [-0.2, 0) is 19.3 Å². The van der Waals surface area contributed by atoms with Crippen LogP contribution in [0.2, 0.25) is 0 Å². The maximum absolute atomic E-state index is 12.8. The summed E-state index contributed by atoms with van der Waals surface area (Å²) in [5, 5.41) is 0. The molecule has 4 aliphatic heterocycles. The lowest BCUT2D eigenvalue weighted by atomic mass is 9.59. The molecule has 2 bridgehead atoms. The van der Waals surface area contributed by atoms with Gasteiger partial charge in [0.25, 0.3) is 0 Å². The third-order valence-corrected chi connectivity index (χ3v) is 6.48. The molecule has 1 amide bonds. The van der Waals surface area contributed by atoms with Gasteiger partial charge >= 0.3 is 0 Å². The van der Waals surface area contributed by atoms with Crippen LogP contribution in [0.25, 0.3) is 0 Å². The molecule has 23 heavy (non-hydrogen) atoms. The van der Waals surface area contributed by atoms with Crippen molar-refractivity contribution >= 4 is 5.91 Å². The van der Waals surface area contributed by atoms with Gasteiger partial charge in [0, 0.05) is 25.3 Å². The highest BCUT2D eigenvalue weighted by atomic mass is 17.3. The molecule has 5 nitrogen and oxygen atoms in total. The number of carbonyl (C=O) groups excluding carboxylic acids is 1. The van der Waals surface area contributed by atoms with Gasteiger partial charge in [-0.1, -0.05) is 20.8 Å². The normalized spacial score (nSPS) is 49.3. The number of ether oxygens (including phenoxy) is 1. The smallest absolute Gasteiger partial charge is 0.225 e. The van der Waals surface area contributed by atoms with Gasteiger partial charge in [0.05, 0.1) is 0 Å². The molecule has 4 heterocycles. The minimum Gasteiger partial charge on any atom is -0.321 e. The number of fused-ring (bicyclic) bond motifs is 2. The first-order valence-electron chi connectivity index (χ1n) is 9.20. The standard InChI is InChI=1S/C18H29NO4/c1-11(2)10-19-15(20)9-13-6-5-12(3)14-7-8-17(4)21-16(19)18(13,14)23-22-17/h11-14,16H,5-10H2,1-4H3/t12-,13+,14+,16-,17-,18+/m1/s1. The number of hydrogen-bond donors (Lipinski definition) is 0. The lowest BCUT2D eigenvalue weighted by Crippen LogP contribution is -2.73. The first kappa shape index (κ1) is 15.9. The molecule has 5 fully saturated rings. The highest BCUT2D eigenvalue weighted by Gasteiger charge is 2.68. The van der Waals surface area contributed by atoms with Crippen LogP contribution >= 0.6 is 0 Å². The van der Waals surface area contributed by atoms with Crippen molar-refractivity contribution in [1.82, 2.24) is 4.90 Å². The van der Waals surface area contributed by atoms with E-state index < -0.39 is 11.4 Å². The Balaban J connectivity index is 1.80. The topological polar surface area (TPSA) is 48.0 Å². The van der Waals surface area contributed by atoms with Gasteiger partial charge in [0.2, 0.25) is 11.7 Å². The zero-order valence-corrected chi connectivity index (χ0v) is 14.7. The van der Waals surface area contributed by atoms with Crippen LogP contribution in [0.15, 0.2) is 0 Å². The van der Waals surface area contributed by atoms with E-state index in [1.165, 1.54) is 6.42 Å². The summed E-state index contributed by atoms with van der Waals surface area (Å²) in [6, 6.07) is 0. The van der Waals surface area contributed by atoms with Crippen LogP contribution in [0.1, 0.15) is 59.8 Å². The molecule has 0 unspecified atom stereocenters. The number of carbonyl (C=O) groups is 1. The zero-order valence-electron chi connectivity index (χ0n) is 14.7. The average molecular weight is 323 g/mol. The van der Waals surface area contributed by atoms with Gasteiger partial charge in [0.1, 0.15) is 0 Å². The largest absolute Gasteiger partial charge is 0.321 e. The summed E-state index contributed by atoms with van der Waals surface area (Å²) in [7, 11) is 0. The molecule has 130 valence electrons. The Hall–Kier alpha value is -0.650. The Labute approximate surface area is 138 Å². The summed E-state index contributed by atoms with van der Waals surface area (Å²) in [6.45, 7) is 9.28. The second-order valence-corrected chi connectivity index (χ2v) is 8.67. The monoisotopic (exact) mass is 323 g/mol. The van der Waals surface area contributed by atoms with Crippen molar-refractivity contribution in [1.29, 1.82) is 0 Å². The quantitative estimate of drug-likeness (QED) is 0.733. The minimum atomic E-state index is -0.732. The van der Waals surface area contributed by atoms with Crippen LogP contribution in [0, 0.1) is 23.7 Å². The summed E-state index contributed by atoms with van der Waals surface area (Å²) < 4.78 is 6.42. The summed E-state index contributed by atoms with van der Waals surface area (Å²) in [5.74, 6) is 1.09. The summed E-state index contributed by atoms with van der Waals surface area (Å²) in [4.78, 5) is 26.7. The summed E-state index contributed by atoms with van der Waals surface area (Å²) in [5.41, 5.74) is -0.476. The molecule has 0 radical (unpaired) electrons. The Morgan fingerprint density at radius 2 is 2.04 bits per heavy atom. The number of nitrogens with zero attached hydrogens (tertiary/aromatic N) is 1. The van der Waals surface area contributed by atoms with E-state index in [2.05, 4.69) is 20.8 Å². The molecule has 0 N–H and O–H groups in total. The van der Waals surface area contributed by atoms with Crippen molar-refractivity contribution in [3.63, 3.8) is 0 Å². The van der Waals surface area contributed by atoms with E-state index >= 15 is 0 Å². The highest BCUT2D eigenvalue weighted by molar-refractivity contribution is 5.78. The van der Waals surface area contributed by atoms with Gasteiger partial charge in [-0.25, -0.2) is 9.78 Å². The zero-order chi connectivity index (χ0) is 16.4. The molecule has 1 saturated carbocycles. The Kier molecular flexibility index (Phi) is 3.56. The van der Waals surface area contributed by atoms with Crippen LogP contribution in [0.4, 0.5) is 0 Å². The Morgan fingerprint density at radius 3 is 2.78 bits per heavy atom. The fourth-order valence-corrected chi connectivity index (χ4v) is 5.35. The maximum Gasteiger partial charge on any atom is 0.225 e. The number of hydrogen-bond acceptors (Lipinski definition) is 4. The van der Waals surface area contributed by atoms with Gasteiger partial charge in [-0.05, 0) is 43.9 Å². The van der Waals surface area contributed by atoms with E-state index in [0.717, 1.165) is 25.8 Å². The van der Waals surface area contributed by atoms with Crippen molar-refractivity contribution in [2.24, 2.45) is 23.7 Å². The van der Waals surface area contributed by atoms with E-state index in [1.54, 1.807) is 0 Å². The van der Waals surface area contributed by atoms with E-state index in [4.69, 9.17) is 14.5 Å². The lowest BCUT2D eigenvalue weighted by Gasteiger charge is -2.60. The van der Waals surface area contributed by atoms with E-state index in [9.17, 15) is 4.79 Å². The fraction of sp³-hybridized carbons (Fsp3) is 0.944. The molecular formula is C18H29NO4. The fourth-order valence-electron chi connectivity index (χ4n) is 5.35. The molecule has 4 saturated heterocycles. The summed E-state index contributed by atoms with van der Waals surface area (Å²) >= 11 is 0. The number of rotatable bonds is 2. The molecule has 5 aliphatic rings. The molecular weight excluding hydrogens is 294 g/mol. The second-order valence-electron chi connectivity index (χ2n) is 8.67. The number of amides is 1. The van der Waals surface area contributed by atoms with Crippen molar-refractivity contribution in [2.75, 3.05) is 6.54 Å². The first-order valence-corrected chi connectivity index (χ1v) is 9.20. The van der Waals surface area contributed by atoms with Crippen molar-refractivity contribution in [2.45, 2.75) is 77.4 Å². The van der Waals surface area contributed by atoms with Crippen LogP contribution < -0.4 is 0 Å². The maximum atomic E-state index is 12.8.